The van der Waals surface area contributed by atoms with Crippen LogP contribution in [0.5, 0.6) is 0 Å². The van der Waals surface area contributed by atoms with Gasteiger partial charge in [0.15, 0.2) is 0 Å². The Bertz CT molecular complexity index is 335. The number of nitrogens with two attached hydrogens (primary N) is 1. The van der Waals surface area contributed by atoms with E-state index < -0.39 is 5.97 Å². The van der Waals surface area contributed by atoms with Gasteiger partial charge >= 0.3 is 5.97 Å². The third-order valence-corrected chi connectivity index (χ3v) is 3.26. The number of carboxylic acid groups (broad SMARTS) is 1. The summed E-state index contributed by atoms with van der Waals surface area (Å²) in [7, 11) is 0. The topological polar surface area (TPSA) is 92.4 Å². The molecule has 0 aliphatic carbocycles. The van der Waals surface area contributed by atoms with E-state index in [4.69, 9.17) is 10.8 Å². The highest BCUT2D eigenvalue weighted by Gasteiger charge is 2.23. The molecule has 5 nitrogen and oxygen atoms in total. The van der Waals surface area contributed by atoms with Crippen LogP contribution < -0.4 is 11.1 Å². The first-order valence-electron chi connectivity index (χ1n) is 7.74. The smallest absolute Gasteiger partial charge is 0.305 e. The maximum atomic E-state index is 12.1. The summed E-state index contributed by atoms with van der Waals surface area (Å²) in [5, 5.41) is 11.8. The zero-order chi connectivity index (χ0) is 16.6. The number of rotatable bonds is 9. The molecule has 0 aromatic rings. The summed E-state index contributed by atoms with van der Waals surface area (Å²) in [4.78, 5) is 23.0. The van der Waals surface area contributed by atoms with E-state index in [2.05, 4.69) is 19.2 Å². The van der Waals surface area contributed by atoms with Crippen LogP contribution in [0.25, 0.3) is 0 Å². The van der Waals surface area contributed by atoms with Crippen LogP contribution in [0.15, 0.2) is 0 Å². The van der Waals surface area contributed by atoms with E-state index in [1.807, 2.05) is 20.8 Å². The van der Waals surface area contributed by atoms with Gasteiger partial charge in [-0.3, -0.25) is 9.59 Å². The molecule has 0 aromatic heterocycles. The zero-order valence-electron chi connectivity index (χ0n) is 14.1. The Morgan fingerprint density at radius 1 is 1.19 bits per heavy atom. The average molecular weight is 300 g/mol. The van der Waals surface area contributed by atoms with Gasteiger partial charge < -0.3 is 16.2 Å². The lowest BCUT2D eigenvalue weighted by atomic mass is 9.86. The molecule has 1 amide bonds. The van der Waals surface area contributed by atoms with Crippen LogP contribution in [0.3, 0.4) is 0 Å². The monoisotopic (exact) mass is 300 g/mol. The summed E-state index contributed by atoms with van der Waals surface area (Å²) in [5.41, 5.74) is 5.68. The second-order valence-corrected chi connectivity index (χ2v) is 7.56. The molecule has 0 fully saturated rings. The van der Waals surface area contributed by atoms with Gasteiger partial charge in [0.05, 0.1) is 6.42 Å². The lowest BCUT2D eigenvalue weighted by molar-refractivity contribution is -0.138. The Kier molecular flexibility index (Phi) is 8.55. The van der Waals surface area contributed by atoms with Gasteiger partial charge in [-0.05, 0) is 36.6 Å². The minimum absolute atomic E-state index is 0.0292. The summed E-state index contributed by atoms with van der Waals surface area (Å²) < 4.78 is 0. The Labute approximate surface area is 128 Å². The van der Waals surface area contributed by atoms with Crippen molar-refractivity contribution >= 4 is 11.9 Å². The molecule has 0 saturated carbocycles. The quantitative estimate of drug-likeness (QED) is 0.609. The predicted octanol–water partition coefficient (Wildman–Crippen LogP) is 2.39. The summed E-state index contributed by atoms with van der Waals surface area (Å²) in [5.74, 6) is -0.329. The van der Waals surface area contributed by atoms with E-state index in [-0.39, 0.29) is 29.7 Å². The Hall–Kier alpha value is -1.10. The third-order valence-electron chi connectivity index (χ3n) is 3.26. The largest absolute Gasteiger partial charge is 0.481 e. The highest BCUT2D eigenvalue weighted by atomic mass is 16.4. The van der Waals surface area contributed by atoms with E-state index >= 15 is 0 Å². The van der Waals surface area contributed by atoms with Crippen molar-refractivity contribution in [2.75, 3.05) is 6.54 Å². The molecule has 21 heavy (non-hydrogen) atoms. The van der Waals surface area contributed by atoms with E-state index in [9.17, 15) is 9.59 Å². The van der Waals surface area contributed by atoms with Crippen LogP contribution in [-0.4, -0.2) is 29.6 Å². The SMILES string of the molecule is CC(C)CC(CN)CC(=O)NC(CC(=O)O)CC(C)(C)C. The van der Waals surface area contributed by atoms with E-state index in [0.29, 0.717) is 25.3 Å². The van der Waals surface area contributed by atoms with Crippen molar-refractivity contribution in [1.29, 1.82) is 0 Å². The fraction of sp³-hybridized carbons (Fsp3) is 0.875. The molecule has 0 saturated heterocycles. The molecule has 124 valence electrons. The van der Waals surface area contributed by atoms with Crippen LogP contribution >= 0.6 is 0 Å². The van der Waals surface area contributed by atoms with Gasteiger partial charge in [0.25, 0.3) is 0 Å². The van der Waals surface area contributed by atoms with Gasteiger partial charge in [-0.1, -0.05) is 34.6 Å². The molecule has 0 spiro atoms. The molecule has 0 heterocycles. The van der Waals surface area contributed by atoms with E-state index in [1.165, 1.54) is 0 Å². The number of nitrogens with one attached hydrogen (secondary N) is 1. The molecule has 0 aliphatic rings. The fourth-order valence-corrected chi connectivity index (χ4v) is 2.60. The van der Waals surface area contributed by atoms with Gasteiger partial charge in [-0.2, -0.15) is 0 Å². The number of carboxylic acids is 1. The van der Waals surface area contributed by atoms with Crippen molar-refractivity contribution in [2.24, 2.45) is 23.0 Å². The van der Waals surface area contributed by atoms with Crippen molar-refractivity contribution in [3.8, 4) is 0 Å². The second-order valence-electron chi connectivity index (χ2n) is 7.56. The van der Waals surface area contributed by atoms with Crippen molar-refractivity contribution in [3.05, 3.63) is 0 Å². The number of carbonyl (C=O) groups is 2. The standard InChI is InChI=1S/C16H32N2O3/c1-11(2)6-12(10-17)7-14(19)18-13(8-15(20)21)9-16(3,4)5/h11-13H,6-10,17H2,1-5H3,(H,18,19)(H,20,21). The molecule has 0 bridgehead atoms. The van der Waals surface area contributed by atoms with E-state index in [0.717, 1.165) is 6.42 Å². The van der Waals surface area contributed by atoms with Crippen LogP contribution in [-0.2, 0) is 9.59 Å². The van der Waals surface area contributed by atoms with Gasteiger partial charge in [-0.25, -0.2) is 0 Å². The summed E-state index contributed by atoms with van der Waals surface area (Å²) in [6, 6.07) is -0.326. The highest BCUT2D eigenvalue weighted by Crippen LogP contribution is 2.22. The zero-order valence-corrected chi connectivity index (χ0v) is 14.1. The minimum Gasteiger partial charge on any atom is -0.481 e. The first kappa shape index (κ1) is 19.9. The van der Waals surface area contributed by atoms with Crippen molar-refractivity contribution < 1.29 is 14.7 Å². The number of hydrogen-bond acceptors (Lipinski definition) is 3. The maximum Gasteiger partial charge on any atom is 0.305 e. The molecule has 0 aliphatic heterocycles. The molecule has 0 rings (SSSR count). The van der Waals surface area contributed by atoms with Crippen LogP contribution in [0.2, 0.25) is 0 Å². The normalized spacial score (nSPS) is 14.8. The number of aliphatic carboxylic acids is 1. The summed E-state index contributed by atoms with van der Waals surface area (Å²) in [6.45, 7) is 10.8. The Morgan fingerprint density at radius 2 is 1.76 bits per heavy atom. The Balaban J connectivity index is 4.54. The van der Waals surface area contributed by atoms with Crippen LogP contribution in [0.4, 0.5) is 0 Å². The van der Waals surface area contributed by atoms with E-state index in [1.54, 1.807) is 0 Å². The molecule has 0 aromatic carbocycles. The highest BCUT2D eigenvalue weighted by molar-refractivity contribution is 5.77. The van der Waals surface area contributed by atoms with Gasteiger partial charge in [0, 0.05) is 12.5 Å². The van der Waals surface area contributed by atoms with Crippen LogP contribution in [0, 0.1) is 17.3 Å². The lowest BCUT2D eigenvalue weighted by Gasteiger charge is -2.26. The molecular weight excluding hydrogens is 268 g/mol. The molecular formula is C16H32N2O3. The molecule has 0 radical (unpaired) electrons. The minimum atomic E-state index is -0.887. The van der Waals surface area contributed by atoms with Crippen molar-refractivity contribution in [2.45, 2.75) is 66.3 Å². The second kappa shape index (κ2) is 9.03. The summed E-state index contributed by atoms with van der Waals surface area (Å²) >= 11 is 0. The lowest BCUT2D eigenvalue weighted by Crippen LogP contribution is -2.40. The van der Waals surface area contributed by atoms with Crippen molar-refractivity contribution in [1.82, 2.24) is 5.32 Å². The molecule has 4 N–H and O–H groups in total. The fourth-order valence-electron chi connectivity index (χ4n) is 2.60. The first-order valence-corrected chi connectivity index (χ1v) is 7.74. The van der Waals surface area contributed by atoms with Crippen LogP contribution in [0.1, 0.15) is 60.3 Å². The van der Waals surface area contributed by atoms with Crippen molar-refractivity contribution in [3.63, 3.8) is 0 Å². The average Bonchev–Trinajstić information content (AvgIpc) is 2.23. The number of hydrogen-bond donors (Lipinski definition) is 3. The summed E-state index contributed by atoms with van der Waals surface area (Å²) in [6.07, 6.45) is 1.88. The number of carbonyl (C=O) groups excluding carboxylic acids is 1. The maximum absolute atomic E-state index is 12.1. The first-order chi connectivity index (χ1) is 9.53. The predicted molar refractivity (Wildman–Crippen MR) is 84.9 cm³/mol. The van der Waals surface area contributed by atoms with Gasteiger partial charge in [0.1, 0.15) is 0 Å². The van der Waals surface area contributed by atoms with Gasteiger partial charge in [0.2, 0.25) is 5.91 Å². The number of amides is 1. The molecule has 5 heteroatoms. The Morgan fingerprint density at radius 3 is 2.14 bits per heavy atom. The van der Waals surface area contributed by atoms with Gasteiger partial charge in [-0.15, -0.1) is 0 Å². The molecule has 2 atom stereocenters. The molecule has 2 unspecified atom stereocenters. The third kappa shape index (κ3) is 11.3.